The molecule has 0 aliphatic rings. The average Bonchev–Trinajstić information content (AvgIpc) is 3.27. The Kier molecular flexibility index (Phi) is 6.56. The first kappa shape index (κ1) is 20.5. The van der Waals surface area contributed by atoms with Gasteiger partial charge >= 0.3 is 0 Å². The summed E-state index contributed by atoms with van der Waals surface area (Å²) in [7, 11) is 6.30. The molecule has 0 radical (unpaired) electrons. The van der Waals surface area contributed by atoms with Crippen LogP contribution in [0.5, 0.6) is 23.0 Å². The van der Waals surface area contributed by atoms with Crippen molar-refractivity contribution in [3.8, 4) is 33.6 Å². The van der Waals surface area contributed by atoms with Crippen LogP contribution in [0.3, 0.4) is 0 Å². The molecule has 1 N–H and O–H groups in total. The Balaban J connectivity index is 1.72. The monoisotopic (exact) mass is 414 g/mol. The molecule has 2 aromatic carbocycles. The van der Waals surface area contributed by atoms with Gasteiger partial charge in [-0.3, -0.25) is 4.79 Å². The van der Waals surface area contributed by atoms with Gasteiger partial charge in [0.2, 0.25) is 0 Å². The number of rotatable bonds is 8. The molecule has 0 aliphatic heterocycles. The number of amides is 1. The fourth-order valence-corrected chi connectivity index (χ4v) is 3.55. The summed E-state index contributed by atoms with van der Waals surface area (Å²) in [6.45, 7) is 0.262. The fourth-order valence-electron chi connectivity index (χ4n) is 2.74. The van der Waals surface area contributed by atoms with E-state index in [4.69, 9.17) is 18.9 Å². The minimum atomic E-state index is -0.266. The molecule has 1 amide bonds. The van der Waals surface area contributed by atoms with Crippen LogP contribution in [0.2, 0.25) is 0 Å². The van der Waals surface area contributed by atoms with Gasteiger partial charge in [0.05, 0.1) is 28.4 Å². The summed E-state index contributed by atoms with van der Waals surface area (Å²) in [6.07, 6.45) is 0. The van der Waals surface area contributed by atoms with Crippen LogP contribution < -0.4 is 24.3 Å². The standard InChI is InChI=1S/C21H22N2O5S/c1-25-15-7-5-13(6-8-15)21-23-16(12-29-21)20(24)22-11-14-9-18(27-3)19(28-4)10-17(14)26-2/h5-10,12H,11H2,1-4H3,(H,22,24). The fraction of sp³-hybridized carbons (Fsp3) is 0.238. The predicted octanol–water partition coefficient (Wildman–Crippen LogP) is 3.77. The molecule has 0 saturated heterocycles. The number of ether oxygens (including phenoxy) is 4. The number of aromatic nitrogens is 1. The summed E-state index contributed by atoms with van der Waals surface area (Å²) in [5, 5.41) is 5.37. The normalized spacial score (nSPS) is 10.3. The maximum absolute atomic E-state index is 12.6. The Hall–Kier alpha value is -3.26. The van der Waals surface area contributed by atoms with E-state index in [1.165, 1.54) is 11.3 Å². The predicted molar refractivity (Wildman–Crippen MR) is 111 cm³/mol. The number of nitrogens with zero attached hydrogens (tertiary/aromatic N) is 1. The number of methoxy groups -OCH3 is 4. The largest absolute Gasteiger partial charge is 0.497 e. The lowest BCUT2D eigenvalue weighted by molar-refractivity contribution is 0.0946. The molecule has 0 fully saturated rings. The van der Waals surface area contributed by atoms with Crippen LogP contribution in [0.15, 0.2) is 41.8 Å². The molecule has 3 rings (SSSR count). The van der Waals surface area contributed by atoms with Crippen molar-refractivity contribution in [2.75, 3.05) is 28.4 Å². The molecule has 0 atom stereocenters. The van der Waals surface area contributed by atoms with Crippen molar-refractivity contribution in [3.63, 3.8) is 0 Å². The van der Waals surface area contributed by atoms with E-state index in [-0.39, 0.29) is 12.5 Å². The molecule has 0 saturated carbocycles. The number of benzene rings is 2. The second-order valence-corrected chi connectivity index (χ2v) is 6.83. The molecular weight excluding hydrogens is 392 g/mol. The van der Waals surface area contributed by atoms with E-state index in [0.29, 0.717) is 22.9 Å². The van der Waals surface area contributed by atoms with Gasteiger partial charge in [-0.1, -0.05) is 0 Å². The van der Waals surface area contributed by atoms with Gasteiger partial charge < -0.3 is 24.3 Å². The van der Waals surface area contributed by atoms with Gasteiger partial charge in [-0.25, -0.2) is 4.98 Å². The molecule has 7 nitrogen and oxygen atoms in total. The highest BCUT2D eigenvalue weighted by Gasteiger charge is 2.15. The zero-order valence-electron chi connectivity index (χ0n) is 16.6. The summed E-state index contributed by atoms with van der Waals surface area (Å²) < 4.78 is 21.2. The van der Waals surface area contributed by atoms with Crippen molar-refractivity contribution in [3.05, 3.63) is 53.0 Å². The Labute approximate surface area is 173 Å². The topological polar surface area (TPSA) is 78.9 Å². The van der Waals surface area contributed by atoms with Gasteiger partial charge in [0, 0.05) is 29.1 Å². The van der Waals surface area contributed by atoms with Crippen molar-refractivity contribution in [2.24, 2.45) is 0 Å². The minimum Gasteiger partial charge on any atom is -0.497 e. The zero-order chi connectivity index (χ0) is 20.8. The van der Waals surface area contributed by atoms with Crippen molar-refractivity contribution >= 4 is 17.2 Å². The second-order valence-electron chi connectivity index (χ2n) is 5.97. The Morgan fingerprint density at radius 3 is 2.21 bits per heavy atom. The van der Waals surface area contributed by atoms with E-state index in [9.17, 15) is 4.79 Å². The number of hydrogen-bond donors (Lipinski definition) is 1. The van der Waals surface area contributed by atoms with Crippen LogP contribution in [0, 0.1) is 0 Å². The average molecular weight is 414 g/mol. The molecule has 1 heterocycles. The van der Waals surface area contributed by atoms with Gasteiger partial charge in [0.1, 0.15) is 22.2 Å². The molecule has 1 aromatic heterocycles. The summed E-state index contributed by atoms with van der Waals surface area (Å²) >= 11 is 1.41. The summed E-state index contributed by atoms with van der Waals surface area (Å²) in [5.74, 6) is 2.22. The third kappa shape index (κ3) is 4.60. The molecule has 29 heavy (non-hydrogen) atoms. The third-order valence-corrected chi connectivity index (χ3v) is 5.19. The molecule has 152 valence electrons. The summed E-state index contributed by atoms with van der Waals surface area (Å²) in [6, 6.07) is 11.0. The molecule has 0 unspecified atom stereocenters. The van der Waals surface area contributed by atoms with Crippen LogP contribution >= 0.6 is 11.3 Å². The van der Waals surface area contributed by atoms with Crippen LogP contribution in [-0.4, -0.2) is 39.3 Å². The third-order valence-electron chi connectivity index (χ3n) is 4.30. The van der Waals surface area contributed by atoms with Gasteiger partial charge in [-0.05, 0) is 30.3 Å². The Bertz CT molecular complexity index is 985. The van der Waals surface area contributed by atoms with Crippen molar-refractivity contribution < 1.29 is 23.7 Å². The van der Waals surface area contributed by atoms with Crippen LogP contribution in [0.1, 0.15) is 16.1 Å². The van der Waals surface area contributed by atoms with Gasteiger partial charge in [0.25, 0.3) is 5.91 Å². The lowest BCUT2D eigenvalue weighted by Gasteiger charge is -2.14. The molecule has 8 heteroatoms. The molecule has 3 aromatic rings. The number of carbonyl (C=O) groups excluding carboxylic acids is 1. The van der Waals surface area contributed by atoms with Crippen LogP contribution in [0.4, 0.5) is 0 Å². The second kappa shape index (κ2) is 9.29. The highest BCUT2D eigenvalue weighted by atomic mass is 32.1. The lowest BCUT2D eigenvalue weighted by atomic mass is 10.1. The lowest BCUT2D eigenvalue weighted by Crippen LogP contribution is -2.23. The number of nitrogens with one attached hydrogen (secondary N) is 1. The van der Waals surface area contributed by atoms with E-state index in [1.807, 2.05) is 24.3 Å². The minimum absolute atomic E-state index is 0.262. The highest BCUT2D eigenvalue weighted by Crippen LogP contribution is 2.34. The molecular formula is C21H22N2O5S. The van der Waals surface area contributed by atoms with Crippen molar-refractivity contribution in [2.45, 2.75) is 6.54 Å². The Morgan fingerprint density at radius 1 is 0.931 bits per heavy atom. The van der Waals surface area contributed by atoms with E-state index >= 15 is 0 Å². The smallest absolute Gasteiger partial charge is 0.271 e. The Morgan fingerprint density at radius 2 is 1.59 bits per heavy atom. The van der Waals surface area contributed by atoms with E-state index < -0.39 is 0 Å². The number of thiazole rings is 1. The first-order valence-corrected chi connectivity index (χ1v) is 9.64. The van der Waals surface area contributed by atoms with Gasteiger partial charge in [-0.2, -0.15) is 0 Å². The van der Waals surface area contributed by atoms with Crippen LogP contribution in [-0.2, 0) is 6.54 Å². The maximum atomic E-state index is 12.6. The van der Waals surface area contributed by atoms with Gasteiger partial charge in [-0.15, -0.1) is 11.3 Å². The van der Waals surface area contributed by atoms with Gasteiger partial charge in [0.15, 0.2) is 11.5 Å². The SMILES string of the molecule is COc1ccc(-c2nc(C(=O)NCc3cc(OC)c(OC)cc3OC)cs2)cc1. The molecule has 0 bridgehead atoms. The summed E-state index contributed by atoms with van der Waals surface area (Å²) in [5.41, 5.74) is 2.06. The summed E-state index contributed by atoms with van der Waals surface area (Å²) in [4.78, 5) is 17.0. The van der Waals surface area contributed by atoms with E-state index in [0.717, 1.165) is 21.9 Å². The first-order valence-electron chi connectivity index (χ1n) is 8.76. The van der Waals surface area contributed by atoms with E-state index in [1.54, 1.807) is 46.0 Å². The van der Waals surface area contributed by atoms with E-state index in [2.05, 4.69) is 10.3 Å². The molecule has 0 aliphatic carbocycles. The zero-order valence-corrected chi connectivity index (χ0v) is 17.5. The molecule has 0 spiro atoms. The number of hydrogen-bond acceptors (Lipinski definition) is 7. The van der Waals surface area contributed by atoms with Crippen molar-refractivity contribution in [1.82, 2.24) is 10.3 Å². The first-order chi connectivity index (χ1) is 14.1. The van der Waals surface area contributed by atoms with Crippen molar-refractivity contribution in [1.29, 1.82) is 0 Å². The maximum Gasteiger partial charge on any atom is 0.271 e. The highest BCUT2D eigenvalue weighted by molar-refractivity contribution is 7.13. The van der Waals surface area contributed by atoms with Crippen LogP contribution in [0.25, 0.3) is 10.6 Å². The quantitative estimate of drug-likeness (QED) is 0.604. The number of carbonyl (C=O) groups is 1.